The number of aryl methyl sites for hydroxylation is 2. The van der Waals surface area contributed by atoms with Crippen LogP contribution in [0.25, 0.3) is 68.8 Å². The molecule has 0 atom stereocenters. The number of carbonyl (C=O) groups excluding carboxylic acids is 2. The molecular weight excluding hydrogens is 731 g/mol. The number of benzene rings is 2. The predicted octanol–water partition coefficient (Wildman–Crippen LogP) is 8.62. The van der Waals surface area contributed by atoms with E-state index in [1.165, 1.54) is 11.3 Å². The average Bonchev–Trinajstić information content (AvgIpc) is 3.66. The molecule has 0 saturated heterocycles. The fraction of sp³-hybridized carbons (Fsp3) is 0.167. The minimum atomic E-state index is -0.544. The molecule has 0 unspecified atom stereocenters. The van der Waals surface area contributed by atoms with Gasteiger partial charge in [0.1, 0.15) is 24.6 Å². The number of aromatic nitrogens is 6. The van der Waals surface area contributed by atoms with Crippen LogP contribution in [0.4, 0.5) is 0 Å². The number of halogens is 2. The summed E-state index contributed by atoms with van der Waals surface area (Å²) in [6.45, 7) is 7.29. The summed E-state index contributed by atoms with van der Waals surface area (Å²) >= 11 is 14.9. The molecule has 0 aliphatic heterocycles. The van der Waals surface area contributed by atoms with Crippen LogP contribution in [-0.4, -0.2) is 54.9 Å². The Balaban J connectivity index is 1.52. The molecule has 0 aliphatic rings. The number of pyridine rings is 2. The molecule has 0 amide bonds. The van der Waals surface area contributed by atoms with Gasteiger partial charge in [0, 0.05) is 31.9 Å². The van der Waals surface area contributed by atoms with Crippen molar-refractivity contribution in [2.45, 2.75) is 27.7 Å². The third-order valence-electron chi connectivity index (χ3n) is 8.46. The Morgan fingerprint density at radius 3 is 1.67 bits per heavy atom. The molecule has 15 heteroatoms. The molecule has 0 saturated carbocycles. The van der Waals surface area contributed by atoms with E-state index in [0.717, 1.165) is 15.9 Å². The second kappa shape index (κ2) is 12.6. The fourth-order valence-corrected chi connectivity index (χ4v) is 8.82. The van der Waals surface area contributed by atoms with E-state index in [2.05, 4.69) is 10.3 Å². The number of nitrogens with zero attached hydrogens (tertiary/aromatic N) is 6. The minimum Gasteiger partial charge on any atom is -0.462 e. The Bertz CT molecular complexity index is 2830. The molecular formula is C36H24Cl2N6O5S2. The van der Waals surface area contributed by atoms with Gasteiger partial charge in [-0.2, -0.15) is 4.52 Å². The van der Waals surface area contributed by atoms with Gasteiger partial charge < -0.3 is 9.47 Å². The molecule has 2 aromatic carbocycles. The Labute approximate surface area is 306 Å². The SMILES string of the molecule is CCOC(=O)c1c(C)nc2sc3c(=O)n4nnc5c(sc6nc(C)c(C(=O)OCC)c(-c7ccc(Cl)cc7)c65)c4nc3c2c1-c1ccc(Cl)cc1. The number of fused-ring (bicyclic) bond motifs is 8. The van der Waals surface area contributed by atoms with Crippen LogP contribution in [0.5, 0.6) is 0 Å². The normalized spacial score (nSPS) is 11.7. The van der Waals surface area contributed by atoms with Gasteiger partial charge in [-0.05, 0) is 63.1 Å². The van der Waals surface area contributed by atoms with E-state index >= 15 is 0 Å². The number of esters is 2. The van der Waals surface area contributed by atoms with Crippen molar-refractivity contribution in [3.63, 3.8) is 0 Å². The number of thiophene rings is 2. The second-order valence-electron chi connectivity index (χ2n) is 11.5. The number of ether oxygens (including phenoxy) is 2. The van der Waals surface area contributed by atoms with Crippen LogP contribution >= 0.6 is 45.9 Å². The van der Waals surface area contributed by atoms with Crippen molar-refractivity contribution in [1.82, 2.24) is 29.8 Å². The maximum Gasteiger partial charge on any atom is 0.340 e. The van der Waals surface area contributed by atoms with Gasteiger partial charge in [-0.1, -0.05) is 52.7 Å². The molecule has 254 valence electrons. The molecule has 0 bridgehead atoms. The summed E-state index contributed by atoms with van der Waals surface area (Å²) in [7, 11) is 0. The third-order valence-corrected chi connectivity index (χ3v) is 11.1. The van der Waals surface area contributed by atoms with Crippen LogP contribution in [0.1, 0.15) is 46.0 Å². The molecule has 0 aliphatic carbocycles. The second-order valence-corrected chi connectivity index (χ2v) is 14.4. The lowest BCUT2D eigenvalue weighted by Gasteiger charge is -2.13. The molecule has 6 aromatic heterocycles. The molecule has 0 spiro atoms. The topological polar surface area (TPSA) is 139 Å². The van der Waals surface area contributed by atoms with Gasteiger partial charge in [0.25, 0.3) is 5.56 Å². The van der Waals surface area contributed by atoms with Gasteiger partial charge in [0.15, 0.2) is 5.65 Å². The highest BCUT2D eigenvalue weighted by Crippen LogP contribution is 2.44. The first-order chi connectivity index (χ1) is 24.6. The lowest BCUT2D eigenvalue weighted by molar-refractivity contribution is 0.0516. The van der Waals surface area contributed by atoms with Gasteiger partial charge in [-0.15, -0.1) is 27.8 Å². The summed E-state index contributed by atoms with van der Waals surface area (Å²) in [6.07, 6.45) is 0. The van der Waals surface area contributed by atoms with Crippen LogP contribution in [0.2, 0.25) is 10.0 Å². The largest absolute Gasteiger partial charge is 0.462 e. The summed E-state index contributed by atoms with van der Waals surface area (Å²) < 4.78 is 12.9. The maximum absolute atomic E-state index is 14.2. The van der Waals surface area contributed by atoms with Gasteiger partial charge in [0.05, 0.1) is 41.2 Å². The Morgan fingerprint density at radius 2 is 1.18 bits per heavy atom. The summed E-state index contributed by atoms with van der Waals surface area (Å²) in [5.41, 5.74) is 4.49. The summed E-state index contributed by atoms with van der Waals surface area (Å²) in [5, 5.41) is 11.0. The molecule has 8 rings (SSSR count). The summed E-state index contributed by atoms with van der Waals surface area (Å²) in [5.74, 6) is -1.07. The van der Waals surface area contributed by atoms with Crippen LogP contribution in [0.15, 0.2) is 53.3 Å². The van der Waals surface area contributed by atoms with E-state index in [1.54, 1.807) is 64.1 Å². The van der Waals surface area contributed by atoms with Crippen LogP contribution < -0.4 is 5.56 Å². The zero-order chi connectivity index (χ0) is 35.7. The highest BCUT2D eigenvalue weighted by molar-refractivity contribution is 7.26. The van der Waals surface area contributed by atoms with Crippen molar-refractivity contribution in [2.75, 3.05) is 13.2 Å². The van der Waals surface area contributed by atoms with Crippen LogP contribution in [0.3, 0.4) is 0 Å². The quantitative estimate of drug-likeness (QED) is 0.152. The molecule has 0 N–H and O–H groups in total. The summed E-state index contributed by atoms with van der Waals surface area (Å²) in [4.78, 5) is 56.8. The lowest BCUT2D eigenvalue weighted by atomic mass is 9.95. The van der Waals surface area contributed by atoms with E-state index in [9.17, 15) is 14.4 Å². The van der Waals surface area contributed by atoms with Crippen molar-refractivity contribution >= 4 is 104 Å². The van der Waals surface area contributed by atoms with Crippen LogP contribution in [-0.2, 0) is 9.47 Å². The molecule has 0 radical (unpaired) electrons. The van der Waals surface area contributed by atoms with Gasteiger partial charge in [-0.25, -0.2) is 24.5 Å². The minimum absolute atomic E-state index is 0.164. The van der Waals surface area contributed by atoms with Gasteiger partial charge in [-0.3, -0.25) is 4.79 Å². The monoisotopic (exact) mass is 754 g/mol. The van der Waals surface area contributed by atoms with E-state index in [0.29, 0.717) is 90.1 Å². The summed E-state index contributed by atoms with van der Waals surface area (Å²) in [6, 6.07) is 14.2. The predicted molar refractivity (Wildman–Crippen MR) is 201 cm³/mol. The van der Waals surface area contributed by atoms with E-state index in [4.69, 9.17) is 47.6 Å². The van der Waals surface area contributed by atoms with Crippen molar-refractivity contribution in [3.8, 4) is 22.3 Å². The smallest absolute Gasteiger partial charge is 0.340 e. The maximum atomic E-state index is 14.2. The number of carbonyl (C=O) groups is 2. The van der Waals surface area contributed by atoms with Gasteiger partial charge >= 0.3 is 11.9 Å². The Hall–Kier alpha value is -5.08. The van der Waals surface area contributed by atoms with E-state index in [-0.39, 0.29) is 24.4 Å². The van der Waals surface area contributed by atoms with E-state index < -0.39 is 17.5 Å². The van der Waals surface area contributed by atoms with Crippen molar-refractivity contribution in [1.29, 1.82) is 0 Å². The molecule has 51 heavy (non-hydrogen) atoms. The van der Waals surface area contributed by atoms with Gasteiger partial charge in [0.2, 0.25) is 0 Å². The van der Waals surface area contributed by atoms with Crippen molar-refractivity contribution in [2.24, 2.45) is 0 Å². The van der Waals surface area contributed by atoms with Crippen molar-refractivity contribution < 1.29 is 19.1 Å². The zero-order valence-electron chi connectivity index (χ0n) is 27.3. The Morgan fingerprint density at radius 1 is 0.706 bits per heavy atom. The lowest BCUT2D eigenvalue weighted by Crippen LogP contribution is -2.18. The highest BCUT2D eigenvalue weighted by Gasteiger charge is 2.29. The first-order valence-electron chi connectivity index (χ1n) is 15.8. The fourth-order valence-electron chi connectivity index (χ4n) is 6.34. The first-order valence-corrected chi connectivity index (χ1v) is 18.2. The highest BCUT2D eigenvalue weighted by atomic mass is 35.5. The Kier molecular flexibility index (Phi) is 8.18. The molecule has 11 nitrogen and oxygen atoms in total. The number of rotatable bonds is 6. The van der Waals surface area contributed by atoms with E-state index in [1.807, 2.05) is 12.1 Å². The molecule has 6 heterocycles. The zero-order valence-corrected chi connectivity index (χ0v) is 30.5. The standard InChI is InChI=1S/C36H24Cl2N6O5S2/c1-5-48-35(46)21-15(3)39-32-25(23(21)17-7-11-19(37)12-8-17)27-30(51-32)34(45)44-31(41-27)29-28(42-43-44)26-24(18-9-13-20(38)14-10-18)22(36(47)49-6-2)16(4)40-33(26)50-29/h7-14H,5-6H2,1-4H3. The number of hydrogen-bond acceptors (Lipinski definition) is 12. The van der Waals surface area contributed by atoms with Crippen LogP contribution in [0, 0.1) is 13.8 Å². The third kappa shape index (κ3) is 5.22. The number of hydrogen-bond donors (Lipinski definition) is 0. The first kappa shape index (κ1) is 33.1. The average molecular weight is 756 g/mol. The molecule has 8 aromatic rings. The molecule has 0 fully saturated rings. The van der Waals surface area contributed by atoms with Crippen molar-refractivity contribution in [3.05, 3.63) is 91.4 Å².